The summed E-state index contributed by atoms with van der Waals surface area (Å²) in [5, 5.41) is 0. The second kappa shape index (κ2) is 2.26. The molecule has 0 spiro atoms. The largest absolute Gasteiger partial charge is 0.492 e. The lowest BCUT2D eigenvalue weighted by Gasteiger charge is -2.20. The van der Waals surface area contributed by atoms with E-state index in [2.05, 4.69) is 6.58 Å². The summed E-state index contributed by atoms with van der Waals surface area (Å²) in [6.07, 6.45) is 1.74. The van der Waals surface area contributed by atoms with Gasteiger partial charge in [0.15, 0.2) is 12.2 Å². The molecule has 70 valence electrons. The fourth-order valence-corrected chi connectivity index (χ4v) is 2.52. The highest BCUT2D eigenvalue weighted by molar-refractivity contribution is 5.77. The van der Waals surface area contributed by atoms with E-state index < -0.39 is 0 Å². The molecule has 0 aliphatic carbocycles. The van der Waals surface area contributed by atoms with Crippen molar-refractivity contribution < 1.29 is 19.0 Å². The van der Waals surface area contributed by atoms with Gasteiger partial charge >= 0.3 is 5.97 Å². The van der Waals surface area contributed by atoms with Crippen molar-refractivity contribution >= 4 is 5.97 Å². The monoisotopic (exact) mass is 182 g/mol. The smallest absolute Gasteiger partial charge is 0.312 e. The number of esters is 1. The van der Waals surface area contributed by atoms with Gasteiger partial charge in [-0.05, 0) is 6.42 Å². The maximum Gasteiger partial charge on any atom is 0.312 e. The molecule has 5 unspecified atom stereocenters. The highest BCUT2D eigenvalue weighted by Crippen LogP contribution is 2.47. The fraction of sp³-hybridized carbons (Fsp3) is 0.667. The van der Waals surface area contributed by atoms with Crippen molar-refractivity contribution in [2.75, 3.05) is 0 Å². The lowest BCUT2D eigenvalue weighted by Crippen LogP contribution is -2.37. The predicted octanol–water partition coefficient (Wildman–Crippen LogP) is 0.228. The highest BCUT2D eigenvalue weighted by atomic mass is 16.6. The van der Waals surface area contributed by atoms with E-state index in [1.807, 2.05) is 0 Å². The molecule has 0 amide bonds. The van der Waals surface area contributed by atoms with Gasteiger partial charge in [-0.25, -0.2) is 0 Å². The van der Waals surface area contributed by atoms with Crippen molar-refractivity contribution in [1.29, 1.82) is 0 Å². The van der Waals surface area contributed by atoms with Crippen LogP contribution in [0.4, 0.5) is 0 Å². The van der Waals surface area contributed by atoms with Crippen LogP contribution in [0.2, 0.25) is 0 Å². The average Bonchev–Trinajstić information content (AvgIpc) is 2.69. The maximum atomic E-state index is 11.3. The first kappa shape index (κ1) is 7.38. The Bertz CT molecular complexity index is 275. The first-order chi connectivity index (χ1) is 6.31. The van der Waals surface area contributed by atoms with Crippen LogP contribution in [0.3, 0.4) is 0 Å². The maximum absolute atomic E-state index is 11.3. The molecule has 0 N–H and O–H groups in total. The van der Waals surface area contributed by atoms with Crippen LogP contribution in [-0.4, -0.2) is 30.4 Å². The Kier molecular flexibility index (Phi) is 1.28. The van der Waals surface area contributed by atoms with E-state index in [0.29, 0.717) is 0 Å². The van der Waals surface area contributed by atoms with Crippen LogP contribution >= 0.6 is 0 Å². The molecule has 0 aromatic heterocycles. The molecule has 3 rings (SSSR count). The molecular formula is C9H10O4. The molecule has 13 heavy (non-hydrogen) atoms. The first-order valence-electron chi connectivity index (χ1n) is 4.43. The molecular weight excluding hydrogens is 172 g/mol. The summed E-state index contributed by atoms with van der Waals surface area (Å²) in [7, 11) is 0. The molecule has 3 aliphatic rings. The first-order valence-corrected chi connectivity index (χ1v) is 4.43. The van der Waals surface area contributed by atoms with Gasteiger partial charge in [0.25, 0.3) is 0 Å². The summed E-state index contributed by atoms with van der Waals surface area (Å²) < 4.78 is 16.0. The molecule has 0 aromatic rings. The second-order valence-corrected chi connectivity index (χ2v) is 3.65. The Morgan fingerprint density at radius 1 is 1.54 bits per heavy atom. The SMILES string of the molecule is C=COC1C2CC3C(=O)OC1C3O2. The fourth-order valence-electron chi connectivity index (χ4n) is 2.52. The average molecular weight is 182 g/mol. The van der Waals surface area contributed by atoms with Crippen molar-refractivity contribution in [3.8, 4) is 0 Å². The summed E-state index contributed by atoms with van der Waals surface area (Å²) in [5.74, 6) is -0.174. The van der Waals surface area contributed by atoms with Gasteiger partial charge in [0.1, 0.15) is 6.10 Å². The van der Waals surface area contributed by atoms with Gasteiger partial charge in [-0.2, -0.15) is 0 Å². The Hall–Kier alpha value is -1.03. The van der Waals surface area contributed by atoms with Gasteiger partial charge < -0.3 is 14.2 Å². The van der Waals surface area contributed by atoms with Gasteiger partial charge in [-0.1, -0.05) is 6.58 Å². The van der Waals surface area contributed by atoms with Crippen LogP contribution < -0.4 is 0 Å². The second-order valence-electron chi connectivity index (χ2n) is 3.65. The summed E-state index contributed by atoms with van der Waals surface area (Å²) in [4.78, 5) is 11.3. The quantitative estimate of drug-likeness (QED) is 0.453. The third-order valence-electron chi connectivity index (χ3n) is 3.04. The van der Waals surface area contributed by atoms with Crippen molar-refractivity contribution in [3.05, 3.63) is 12.8 Å². The number of rotatable bonds is 2. The van der Waals surface area contributed by atoms with Crippen molar-refractivity contribution in [3.63, 3.8) is 0 Å². The Morgan fingerprint density at radius 3 is 3.15 bits per heavy atom. The van der Waals surface area contributed by atoms with E-state index in [0.717, 1.165) is 6.42 Å². The number of hydrogen-bond acceptors (Lipinski definition) is 4. The number of carbonyl (C=O) groups is 1. The Balaban J connectivity index is 1.90. The predicted molar refractivity (Wildman–Crippen MR) is 41.7 cm³/mol. The number of carbonyl (C=O) groups excluding carboxylic acids is 1. The van der Waals surface area contributed by atoms with Crippen LogP contribution in [-0.2, 0) is 19.0 Å². The molecule has 0 aromatic carbocycles. The number of hydrogen-bond donors (Lipinski definition) is 0. The topological polar surface area (TPSA) is 44.8 Å². The summed E-state index contributed by atoms with van der Waals surface area (Å²) in [5.41, 5.74) is 0. The zero-order valence-electron chi connectivity index (χ0n) is 7.01. The molecule has 3 aliphatic heterocycles. The van der Waals surface area contributed by atoms with Crippen molar-refractivity contribution in [2.24, 2.45) is 5.92 Å². The van der Waals surface area contributed by atoms with Gasteiger partial charge in [0.2, 0.25) is 0 Å². The van der Waals surface area contributed by atoms with Gasteiger partial charge in [0.05, 0.1) is 18.3 Å². The molecule has 5 atom stereocenters. The Morgan fingerprint density at radius 2 is 2.38 bits per heavy atom. The third-order valence-corrected chi connectivity index (χ3v) is 3.04. The molecule has 4 heteroatoms. The Labute approximate surface area is 75.5 Å². The minimum Gasteiger partial charge on any atom is -0.492 e. The van der Waals surface area contributed by atoms with E-state index >= 15 is 0 Å². The van der Waals surface area contributed by atoms with Crippen molar-refractivity contribution in [1.82, 2.24) is 0 Å². The molecule has 0 saturated carbocycles. The minimum absolute atomic E-state index is 0.0180. The normalized spacial score (nSPS) is 50.8. The van der Waals surface area contributed by atoms with Gasteiger partial charge in [-0.3, -0.25) is 4.79 Å². The number of fused-ring (bicyclic) bond motifs is 1. The van der Waals surface area contributed by atoms with E-state index in [4.69, 9.17) is 14.2 Å². The van der Waals surface area contributed by atoms with Crippen LogP contribution in [0, 0.1) is 5.92 Å². The summed E-state index contributed by atoms with van der Waals surface area (Å²) in [6.45, 7) is 3.49. The third kappa shape index (κ3) is 0.765. The standard InChI is InChI=1S/C9H10O4/c1-2-11-7-5-3-4-6(12-5)8(7)13-9(4)10/h2,4-8H,1,3H2. The van der Waals surface area contributed by atoms with E-state index in [9.17, 15) is 4.79 Å². The number of ether oxygens (including phenoxy) is 3. The van der Waals surface area contributed by atoms with Crippen LogP contribution in [0.5, 0.6) is 0 Å². The highest BCUT2D eigenvalue weighted by Gasteiger charge is 2.64. The van der Waals surface area contributed by atoms with Crippen molar-refractivity contribution in [2.45, 2.75) is 30.8 Å². The van der Waals surface area contributed by atoms with E-state index in [1.54, 1.807) is 0 Å². The van der Waals surface area contributed by atoms with Crippen LogP contribution in [0.1, 0.15) is 6.42 Å². The molecule has 3 heterocycles. The van der Waals surface area contributed by atoms with E-state index in [-0.39, 0.29) is 36.3 Å². The molecule has 4 nitrogen and oxygen atoms in total. The van der Waals surface area contributed by atoms with Gasteiger partial charge in [0, 0.05) is 0 Å². The lowest BCUT2D eigenvalue weighted by molar-refractivity contribution is -0.145. The van der Waals surface area contributed by atoms with Crippen LogP contribution in [0.15, 0.2) is 12.8 Å². The van der Waals surface area contributed by atoms with Gasteiger partial charge in [-0.15, -0.1) is 0 Å². The minimum atomic E-state index is -0.200. The van der Waals surface area contributed by atoms with Crippen LogP contribution in [0.25, 0.3) is 0 Å². The summed E-state index contributed by atoms with van der Waals surface area (Å²) >= 11 is 0. The lowest BCUT2D eigenvalue weighted by atomic mass is 9.88. The molecule has 0 radical (unpaired) electrons. The molecule has 3 saturated heterocycles. The zero-order chi connectivity index (χ0) is 9.00. The van der Waals surface area contributed by atoms with E-state index in [1.165, 1.54) is 6.26 Å². The molecule has 2 bridgehead atoms. The molecule has 3 fully saturated rings. The zero-order valence-corrected chi connectivity index (χ0v) is 7.01. The summed E-state index contributed by atoms with van der Waals surface area (Å²) in [6, 6.07) is 0.